The summed E-state index contributed by atoms with van der Waals surface area (Å²) in [7, 11) is 0. The average molecular weight is 330 g/mol. The molecule has 0 bridgehead atoms. The molecule has 2 aromatic rings. The Bertz CT molecular complexity index is 786. The minimum Gasteiger partial charge on any atom is -0.492 e. The number of pyridine rings is 1. The molecule has 128 valence electrons. The fraction of sp³-hybridized carbons (Fsp3) is 0.389. The molecule has 0 aliphatic carbocycles. The Kier molecular flexibility index (Phi) is 5.07. The van der Waals surface area contributed by atoms with Gasteiger partial charge in [0.25, 0.3) is 11.2 Å². The molecule has 1 aromatic heterocycles. The molecule has 0 spiro atoms. The van der Waals surface area contributed by atoms with E-state index in [0.29, 0.717) is 11.4 Å². The Morgan fingerprint density at radius 1 is 1.12 bits per heavy atom. The summed E-state index contributed by atoms with van der Waals surface area (Å²) >= 11 is 0. The van der Waals surface area contributed by atoms with Gasteiger partial charge in [-0.05, 0) is 30.0 Å². The number of aromatic nitrogens is 1. The second-order valence-electron chi connectivity index (χ2n) is 6.67. The Labute approximate surface area is 140 Å². The first-order valence-corrected chi connectivity index (χ1v) is 7.78. The monoisotopic (exact) mass is 330 g/mol. The molecule has 6 nitrogen and oxygen atoms in total. The molecule has 0 amide bonds. The van der Waals surface area contributed by atoms with E-state index in [2.05, 4.69) is 20.8 Å². The summed E-state index contributed by atoms with van der Waals surface area (Å²) in [6, 6.07) is 10.3. The number of hydrogen-bond donors (Lipinski definition) is 0. The van der Waals surface area contributed by atoms with Crippen LogP contribution in [0.5, 0.6) is 5.75 Å². The molecule has 6 heteroatoms. The number of nitro groups is 1. The van der Waals surface area contributed by atoms with Gasteiger partial charge in [0.15, 0.2) is 0 Å². The van der Waals surface area contributed by atoms with Gasteiger partial charge in [-0.2, -0.15) is 0 Å². The van der Waals surface area contributed by atoms with E-state index in [4.69, 9.17) is 4.74 Å². The molecule has 0 atom stereocenters. The molecule has 0 aliphatic rings. The first-order valence-electron chi connectivity index (χ1n) is 7.78. The standard InChI is InChI=1S/C18H22N2O4/c1-13-16(20(22)23)9-10-17(21)19(13)11-12-24-15-7-5-14(6-8-15)18(2,3)4/h5-10H,11-12H2,1-4H3. The maximum absolute atomic E-state index is 11.9. The van der Waals surface area contributed by atoms with E-state index in [0.717, 1.165) is 0 Å². The molecular formula is C18H22N2O4. The van der Waals surface area contributed by atoms with Gasteiger partial charge in [-0.1, -0.05) is 32.9 Å². The van der Waals surface area contributed by atoms with Crippen molar-refractivity contribution in [1.29, 1.82) is 0 Å². The molecule has 0 N–H and O–H groups in total. The Hall–Kier alpha value is -2.63. The molecule has 24 heavy (non-hydrogen) atoms. The molecule has 0 saturated heterocycles. The topological polar surface area (TPSA) is 74.4 Å². The zero-order valence-electron chi connectivity index (χ0n) is 14.4. The van der Waals surface area contributed by atoms with Gasteiger partial charge in [0.1, 0.15) is 12.4 Å². The summed E-state index contributed by atoms with van der Waals surface area (Å²) in [6.45, 7) is 8.50. The molecule has 0 fully saturated rings. The zero-order valence-corrected chi connectivity index (χ0v) is 14.4. The van der Waals surface area contributed by atoms with E-state index in [1.807, 2.05) is 24.3 Å². The predicted molar refractivity (Wildman–Crippen MR) is 92.7 cm³/mol. The predicted octanol–water partition coefficient (Wildman–Crippen LogP) is 3.44. The lowest BCUT2D eigenvalue weighted by molar-refractivity contribution is -0.386. The van der Waals surface area contributed by atoms with Crippen molar-refractivity contribution in [1.82, 2.24) is 4.57 Å². The Morgan fingerprint density at radius 3 is 2.29 bits per heavy atom. The van der Waals surface area contributed by atoms with Crippen LogP contribution < -0.4 is 10.3 Å². The van der Waals surface area contributed by atoms with Gasteiger partial charge >= 0.3 is 0 Å². The highest BCUT2D eigenvalue weighted by atomic mass is 16.6. The molecule has 1 aromatic carbocycles. The number of benzene rings is 1. The van der Waals surface area contributed by atoms with Crippen molar-refractivity contribution in [2.75, 3.05) is 6.61 Å². The molecule has 2 rings (SSSR count). The maximum atomic E-state index is 11.9. The van der Waals surface area contributed by atoms with Crippen molar-refractivity contribution in [3.63, 3.8) is 0 Å². The van der Waals surface area contributed by atoms with E-state index in [-0.39, 0.29) is 29.8 Å². The minimum atomic E-state index is -0.489. The van der Waals surface area contributed by atoms with Crippen LogP contribution in [0.15, 0.2) is 41.2 Å². The summed E-state index contributed by atoms with van der Waals surface area (Å²) in [5, 5.41) is 11.0. The fourth-order valence-electron chi connectivity index (χ4n) is 2.44. The van der Waals surface area contributed by atoms with Crippen LogP contribution in [-0.4, -0.2) is 16.1 Å². The lowest BCUT2D eigenvalue weighted by Crippen LogP contribution is -2.25. The third-order valence-corrected chi connectivity index (χ3v) is 3.93. The van der Waals surface area contributed by atoms with Crippen molar-refractivity contribution in [2.24, 2.45) is 0 Å². The molecule has 1 heterocycles. The highest BCUT2D eigenvalue weighted by Gasteiger charge is 2.15. The summed E-state index contributed by atoms with van der Waals surface area (Å²) < 4.78 is 7.02. The van der Waals surface area contributed by atoms with Crippen molar-refractivity contribution in [2.45, 2.75) is 39.7 Å². The number of ether oxygens (including phenoxy) is 1. The fourth-order valence-corrected chi connectivity index (χ4v) is 2.44. The van der Waals surface area contributed by atoms with Crippen LogP contribution in [0.1, 0.15) is 32.0 Å². The number of nitrogens with zero attached hydrogens (tertiary/aromatic N) is 2. The summed E-state index contributed by atoms with van der Waals surface area (Å²) in [5.41, 5.74) is 1.28. The lowest BCUT2D eigenvalue weighted by Gasteiger charge is -2.19. The summed E-state index contributed by atoms with van der Waals surface area (Å²) in [5.74, 6) is 0.708. The van der Waals surface area contributed by atoms with E-state index in [1.165, 1.54) is 22.3 Å². The van der Waals surface area contributed by atoms with E-state index >= 15 is 0 Å². The smallest absolute Gasteiger partial charge is 0.288 e. The van der Waals surface area contributed by atoms with Crippen molar-refractivity contribution in [3.8, 4) is 5.75 Å². The quantitative estimate of drug-likeness (QED) is 0.622. The van der Waals surface area contributed by atoms with Crippen molar-refractivity contribution < 1.29 is 9.66 Å². The first-order chi connectivity index (χ1) is 11.2. The lowest BCUT2D eigenvalue weighted by atomic mass is 9.87. The van der Waals surface area contributed by atoms with Crippen LogP contribution in [0.25, 0.3) is 0 Å². The first kappa shape index (κ1) is 17.7. The van der Waals surface area contributed by atoms with Crippen LogP contribution in [-0.2, 0) is 12.0 Å². The summed E-state index contributed by atoms with van der Waals surface area (Å²) in [6.07, 6.45) is 0. The van der Waals surface area contributed by atoms with Gasteiger partial charge < -0.3 is 9.30 Å². The highest BCUT2D eigenvalue weighted by Crippen LogP contribution is 2.24. The third kappa shape index (κ3) is 4.01. The van der Waals surface area contributed by atoms with Gasteiger partial charge in [0, 0.05) is 12.1 Å². The molecule has 0 radical (unpaired) electrons. The second-order valence-corrected chi connectivity index (χ2v) is 6.67. The number of rotatable bonds is 5. The van der Waals surface area contributed by atoms with Gasteiger partial charge in [-0.3, -0.25) is 14.9 Å². The Morgan fingerprint density at radius 2 is 1.75 bits per heavy atom. The van der Waals surface area contributed by atoms with Crippen LogP contribution >= 0.6 is 0 Å². The van der Waals surface area contributed by atoms with Gasteiger partial charge in [-0.15, -0.1) is 0 Å². The van der Waals surface area contributed by atoms with Crippen molar-refractivity contribution in [3.05, 3.63) is 68.1 Å². The largest absolute Gasteiger partial charge is 0.492 e. The van der Waals surface area contributed by atoms with E-state index in [9.17, 15) is 14.9 Å². The second kappa shape index (κ2) is 6.86. The number of hydrogen-bond acceptors (Lipinski definition) is 4. The van der Waals surface area contributed by atoms with Gasteiger partial charge in [-0.25, -0.2) is 0 Å². The SMILES string of the molecule is Cc1c([N+](=O)[O-])ccc(=O)n1CCOc1ccc(C(C)(C)C)cc1. The maximum Gasteiger partial charge on any atom is 0.288 e. The van der Waals surface area contributed by atoms with Crippen LogP contribution in [0.4, 0.5) is 5.69 Å². The average Bonchev–Trinajstić information content (AvgIpc) is 2.49. The molecule has 0 saturated carbocycles. The molecule has 0 aliphatic heterocycles. The van der Waals surface area contributed by atoms with Gasteiger partial charge in [0.2, 0.25) is 0 Å². The molecule has 0 unspecified atom stereocenters. The summed E-state index contributed by atoms with van der Waals surface area (Å²) in [4.78, 5) is 22.4. The minimum absolute atomic E-state index is 0.0656. The van der Waals surface area contributed by atoms with Crippen LogP contribution in [0.3, 0.4) is 0 Å². The van der Waals surface area contributed by atoms with E-state index < -0.39 is 4.92 Å². The molecular weight excluding hydrogens is 308 g/mol. The normalized spacial score (nSPS) is 11.3. The van der Waals surface area contributed by atoms with Gasteiger partial charge in [0.05, 0.1) is 17.2 Å². The van der Waals surface area contributed by atoms with Crippen LogP contribution in [0.2, 0.25) is 0 Å². The van der Waals surface area contributed by atoms with Crippen LogP contribution in [0, 0.1) is 17.0 Å². The third-order valence-electron chi connectivity index (χ3n) is 3.93. The highest BCUT2D eigenvalue weighted by molar-refractivity contribution is 5.34. The van der Waals surface area contributed by atoms with E-state index in [1.54, 1.807) is 6.92 Å². The van der Waals surface area contributed by atoms with Crippen molar-refractivity contribution >= 4 is 5.69 Å². The zero-order chi connectivity index (χ0) is 17.9. The Balaban J connectivity index is 2.06.